The number of hydrogen-bond donors (Lipinski definition) is 1. The van der Waals surface area contributed by atoms with Crippen molar-refractivity contribution in [2.24, 2.45) is 0 Å². The molecule has 3 rings (SSSR count). The Labute approximate surface area is 124 Å². The van der Waals surface area contributed by atoms with E-state index >= 15 is 0 Å². The van der Waals surface area contributed by atoms with E-state index in [4.69, 9.17) is 11.6 Å². The lowest BCUT2D eigenvalue weighted by atomic mass is 10.2. The molecule has 0 aliphatic carbocycles. The Morgan fingerprint density at radius 2 is 2.05 bits per heavy atom. The minimum Gasteiger partial charge on any atom is -0.338 e. The summed E-state index contributed by atoms with van der Waals surface area (Å²) in [6.45, 7) is 4.09. The number of hydrogen-bond acceptors (Lipinski definition) is 4. The molecule has 0 atom stereocenters. The molecule has 0 bridgehead atoms. The van der Waals surface area contributed by atoms with E-state index in [1.165, 1.54) is 23.3 Å². The van der Waals surface area contributed by atoms with Gasteiger partial charge in [0.1, 0.15) is 22.8 Å². The Morgan fingerprint density at radius 1 is 1.25 bits per heavy atom. The quantitative estimate of drug-likeness (QED) is 0.736. The minimum atomic E-state index is -0.365. The topological polar surface area (TPSA) is 37.8 Å². The first-order valence-corrected chi connectivity index (χ1v) is 7.18. The zero-order valence-electron chi connectivity index (χ0n) is 10.9. The van der Waals surface area contributed by atoms with E-state index in [0.717, 1.165) is 15.8 Å². The van der Waals surface area contributed by atoms with Gasteiger partial charge in [0.25, 0.3) is 0 Å². The number of aryl methyl sites for hydroxylation is 2. The maximum Gasteiger partial charge on any atom is 0.142 e. The fourth-order valence-corrected chi connectivity index (χ4v) is 3.21. The SMILES string of the molecule is Cc1sc2ncnc(Nc3ccc(F)cc3Cl)c2c1C. The van der Waals surface area contributed by atoms with Crippen molar-refractivity contribution in [2.45, 2.75) is 13.8 Å². The summed E-state index contributed by atoms with van der Waals surface area (Å²) in [7, 11) is 0. The van der Waals surface area contributed by atoms with E-state index < -0.39 is 0 Å². The number of rotatable bonds is 2. The number of anilines is 2. The maximum absolute atomic E-state index is 13.1. The number of nitrogens with zero attached hydrogens (tertiary/aromatic N) is 2. The summed E-state index contributed by atoms with van der Waals surface area (Å²) in [5, 5.41) is 4.46. The van der Waals surface area contributed by atoms with Crippen molar-refractivity contribution < 1.29 is 4.39 Å². The highest BCUT2D eigenvalue weighted by molar-refractivity contribution is 7.18. The van der Waals surface area contributed by atoms with Gasteiger partial charge in [0.2, 0.25) is 0 Å². The number of aromatic nitrogens is 2. The van der Waals surface area contributed by atoms with Crippen molar-refractivity contribution in [3.63, 3.8) is 0 Å². The molecule has 1 aromatic carbocycles. The second-order valence-electron chi connectivity index (χ2n) is 4.43. The summed E-state index contributed by atoms with van der Waals surface area (Å²) in [5.74, 6) is 0.321. The summed E-state index contributed by atoms with van der Waals surface area (Å²) in [6, 6.07) is 4.23. The van der Waals surface area contributed by atoms with Gasteiger partial charge in [0.05, 0.1) is 16.1 Å². The van der Waals surface area contributed by atoms with Gasteiger partial charge in [0.15, 0.2) is 0 Å². The van der Waals surface area contributed by atoms with Crippen LogP contribution >= 0.6 is 22.9 Å². The van der Waals surface area contributed by atoms with Crippen LogP contribution in [0.5, 0.6) is 0 Å². The third-order valence-corrected chi connectivity index (χ3v) is 4.58. The molecule has 6 heteroatoms. The highest BCUT2D eigenvalue weighted by Gasteiger charge is 2.13. The number of fused-ring (bicyclic) bond motifs is 1. The van der Waals surface area contributed by atoms with E-state index in [-0.39, 0.29) is 5.82 Å². The van der Waals surface area contributed by atoms with Crippen LogP contribution in [0.4, 0.5) is 15.9 Å². The summed E-state index contributed by atoms with van der Waals surface area (Å²) in [5.41, 5.74) is 1.77. The van der Waals surface area contributed by atoms with Gasteiger partial charge in [-0.05, 0) is 37.6 Å². The van der Waals surface area contributed by atoms with Crippen LogP contribution in [0, 0.1) is 19.7 Å². The molecule has 1 N–H and O–H groups in total. The molecule has 0 saturated heterocycles. The molecule has 3 aromatic rings. The molecule has 0 spiro atoms. The highest BCUT2D eigenvalue weighted by atomic mass is 35.5. The molecule has 0 unspecified atom stereocenters. The first-order valence-electron chi connectivity index (χ1n) is 5.99. The fourth-order valence-electron chi connectivity index (χ4n) is 2.00. The fraction of sp³-hybridized carbons (Fsp3) is 0.143. The normalized spacial score (nSPS) is 11.0. The van der Waals surface area contributed by atoms with Crippen molar-refractivity contribution in [3.05, 3.63) is 45.8 Å². The van der Waals surface area contributed by atoms with Crippen LogP contribution in [0.25, 0.3) is 10.2 Å². The molecule has 0 fully saturated rings. The van der Waals surface area contributed by atoms with Gasteiger partial charge in [-0.1, -0.05) is 11.6 Å². The third-order valence-electron chi connectivity index (χ3n) is 3.15. The maximum atomic E-state index is 13.1. The molecule has 0 radical (unpaired) electrons. The second kappa shape index (κ2) is 5.00. The zero-order chi connectivity index (χ0) is 14.3. The van der Waals surface area contributed by atoms with E-state index in [1.807, 2.05) is 6.92 Å². The van der Waals surface area contributed by atoms with Gasteiger partial charge < -0.3 is 5.32 Å². The first kappa shape index (κ1) is 13.3. The van der Waals surface area contributed by atoms with E-state index in [0.29, 0.717) is 16.5 Å². The predicted octanol–water partition coefficient (Wildman–Crippen LogP) is 4.84. The predicted molar refractivity (Wildman–Crippen MR) is 81.6 cm³/mol. The van der Waals surface area contributed by atoms with Crippen LogP contribution in [0.15, 0.2) is 24.5 Å². The molecule has 0 amide bonds. The van der Waals surface area contributed by atoms with Crippen LogP contribution in [-0.4, -0.2) is 9.97 Å². The van der Waals surface area contributed by atoms with Crippen molar-refractivity contribution >= 4 is 44.7 Å². The average molecular weight is 308 g/mol. The molecule has 0 saturated carbocycles. The Balaban J connectivity index is 2.11. The molecule has 2 aromatic heterocycles. The van der Waals surface area contributed by atoms with Crippen molar-refractivity contribution in [3.8, 4) is 0 Å². The number of benzene rings is 1. The number of nitrogens with one attached hydrogen (secondary N) is 1. The smallest absolute Gasteiger partial charge is 0.142 e. The molecule has 20 heavy (non-hydrogen) atoms. The van der Waals surface area contributed by atoms with Crippen LogP contribution < -0.4 is 5.32 Å². The molecule has 102 valence electrons. The van der Waals surface area contributed by atoms with Crippen molar-refractivity contribution in [1.82, 2.24) is 9.97 Å². The van der Waals surface area contributed by atoms with Gasteiger partial charge in [-0.25, -0.2) is 14.4 Å². The van der Waals surface area contributed by atoms with Crippen LogP contribution in [0.2, 0.25) is 5.02 Å². The van der Waals surface area contributed by atoms with Gasteiger partial charge in [-0.2, -0.15) is 0 Å². The highest BCUT2D eigenvalue weighted by Crippen LogP contribution is 2.35. The monoisotopic (exact) mass is 307 g/mol. The number of thiophene rings is 1. The Kier molecular flexibility index (Phi) is 3.31. The molecule has 3 nitrogen and oxygen atoms in total. The van der Waals surface area contributed by atoms with E-state index in [1.54, 1.807) is 17.4 Å². The third kappa shape index (κ3) is 2.23. The minimum absolute atomic E-state index is 0.321. The summed E-state index contributed by atoms with van der Waals surface area (Å²) < 4.78 is 13.1. The Bertz CT molecular complexity index is 800. The lowest BCUT2D eigenvalue weighted by molar-refractivity contribution is 0.628. The molecule has 0 aliphatic rings. The molecule has 2 heterocycles. The lowest BCUT2D eigenvalue weighted by Gasteiger charge is -2.09. The Hall–Kier alpha value is -1.72. The summed E-state index contributed by atoms with van der Waals surface area (Å²) >= 11 is 7.66. The van der Waals surface area contributed by atoms with Crippen LogP contribution in [-0.2, 0) is 0 Å². The van der Waals surface area contributed by atoms with Gasteiger partial charge in [0, 0.05) is 4.88 Å². The number of halogens is 2. The van der Waals surface area contributed by atoms with Crippen molar-refractivity contribution in [2.75, 3.05) is 5.32 Å². The standard InChI is InChI=1S/C14H11ClFN3S/c1-7-8(2)20-14-12(7)13(17-6-18-14)19-11-4-3-9(16)5-10(11)15/h3-6H,1-2H3,(H,17,18,19). The summed E-state index contributed by atoms with van der Waals surface area (Å²) in [4.78, 5) is 10.7. The second-order valence-corrected chi connectivity index (χ2v) is 6.05. The first-order chi connectivity index (χ1) is 9.56. The summed E-state index contributed by atoms with van der Waals surface area (Å²) in [6.07, 6.45) is 1.51. The lowest BCUT2D eigenvalue weighted by Crippen LogP contribution is -1.96. The molecular formula is C14H11ClFN3S. The molecular weight excluding hydrogens is 297 g/mol. The van der Waals surface area contributed by atoms with Crippen LogP contribution in [0.3, 0.4) is 0 Å². The van der Waals surface area contributed by atoms with Crippen LogP contribution in [0.1, 0.15) is 10.4 Å². The van der Waals surface area contributed by atoms with E-state index in [9.17, 15) is 4.39 Å². The van der Waals surface area contributed by atoms with Crippen molar-refractivity contribution in [1.29, 1.82) is 0 Å². The largest absolute Gasteiger partial charge is 0.338 e. The average Bonchev–Trinajstić information content (AvgIpc) is 2.69. The van der Waals surface area contributed by atoms with Gasteiger partial charge in [-0.3, -0.25) is 0 Å². The van der Waals surface area contributed by atoms with Gasteiger partial charge in [-0.15, -0.1) is 11.3 Å². The Morgan fingerprint density at radius 3 is 2.80 bits per heavy atom. The van der Waals surface area contributed by atoms with E-state index in [2.05, 4.69) is 22.2 Å². The van der Waals surface area contributed by atoms with Gasteiger partial charge >= 0.3 is 0 Å². The molecule has 0 aliphatic heterocycles. The zero-order valence-corrected chi connectivity index (χ0v) is 12.4.